The number of pyridine rings is 1. The number of alkyl halides is 3. The molecule has 7 rings (SSSR count). The molecule has 0 saturated carbocycles. The molecule has 2 aliphatic heterocycles. The van der Waals surface area contributed by atoms with Gasteiger partial charge in [-0.25, -0.2) is 13.8 Å². The van der Waals surface area contributed by atoms with Gasteiger partial charge in [-0.05, 0) is 48.7 Å². The van der Waals surface area contributed by atoms with Gasteiger partial charge < -0.3 is 29.7 Å². The van der Waals surface area contributed by atoms with E-state index in [0.29, 0.717) is 55.0 Å². The number of hydrogen-bond donors (Lipinski definition) is 3. The molecule has 5 heterocycles. The number of aromatic nitrogens is 3. The molecule has 0 unspecified atom stereocenters. The summed E-state index contributed by atoms with van der Waals surface area (Å²) in [7, 11) is 1.69. The van der Waals surface area contributed by atoms with E-state index in [1.54, 1.807) is 24.1 Å². The molecule has 3 aromatic heterocycles. The van der Waals surface area contributed by atoms with Crippen LogP contribution in [0.5, 0.6) is 0 Å². The van der Waals surface area contributed by atoms with Gasteiger partial charge in [-0.3, -0.25) is 9.59 Å². The number of likely N-dealkylation sites (N-methyl/N-ethyl adjacent to an activating group) is 1. The molecule has 0 bridgehead atoms. The Balaban J connectivity index is 1.24. The summed E-state index contributed by atoms with van der Waals surface area (Å²) in [5, 5.41) is 5.36. The number of imidazole rings is 1. The quantitative estimate of drug-likeness (QED) is 0.114. The van der Waals surface area contributed by atoms with Crippen molar-refractivity contribution in [2.24, 2.45) is 0 Å². The van der Waals surface area contributed by atoms with Gasteiger partial charge in [0.05, 0.1) is 40.9 Å². The third-order valence-electron chi connectivity index (χ3n) is 8.74. The van der Waals surface area contributed by atoms with Gasteiger partial charge >= 0.3 is 6.18 Å². The molecule has 3 N–H and O–H groups in total. The van der Waals surface area contributed by atoms with Crippen LogP contribution in [-0.4, -0.2) is 65.5 Å². The molecule has 1 saturated heterocycles. The molecule has 0 radical (unpaired) electrons. The van der Waals surface area contributed by atoms with E-state index in [1.165, 1.54) is 29.1 Å². The molecule has 0 spiro atoms. The Labute approximate surface area is 270 Å². The number of ketones is 1. The fourth-order valence-corrected chi connectivity index (χ4v) is 6.47. The normalized spacial score (nSPS) is 16.5. The molecule has 2 aromatic carbocycles. The largest absolute Gasteiger partial charge is 0.417 e. The number of nitrogens with zero attached hydrogens (tertiary/aromatic N) is 3. The van der Waals surface area contributed by atoms with Gasteiger partial charge in [-0.15, -0.1) is 0 Å². The standard InChI is InChI=1S/C34H29F5N6O3/c1-44-10-6-18-14-26(33(47)19-12-23(35)29(24(36)13-19)43-27(46)5-2-8-40-20-7-11-48-16-20)45-9-3-4-21(31(18)45)28-22(34(37,38)39)15-25-30(32(28)44)42-17-41-25/h2-5,9,12-15,17,20,40H,6-8,10-11,16H2,1H3,(H,41,42)(H,43,46)/b5-2+/t20-/m0/s1. The van der Waals surface area contributed by atoms with Crippen molar-refractivity contribution in [3.63, 3.8) is 0 Å². The van der Waals surface area contributed by atoms with Gasteiger partial charge in [-0.1, -0.05) is 12.1 Å². The van der Waals surface area contributed by atoms with Crippen LogP contribution in [0.2, 0.25) is 0 Å². The van der Waals surface area contributed by atoms with Gasteiger partial charge in [0.25, 0.3) is 0 Å². The fraction of sp³-hybridized carbons (Fsp3) is 0.265. The predicted octanol–water partition coefficient (Wildman–Crippen LogP) is 5.88. The number of amides is 1. The highest BCUT2D eigenvalue weighted by Gasteiger charge is 2.38. The van der Waals surface area contributed by atoms with Crippen molar-refractivity contribution in [2.45, 2.75) is 25.1 Å². The van der Waals surface area contributed by atoms with E-state index in [-0.39, 0.29) is 33.9 Å². The van der Waals surface area contributed by atoms with Crippen LogP contribution in [0.1, 0.15) is 33.6 Å². The summed E-state index contributed by atoms with van der Waals surface area (Å²) in [5.74, 6) is -3.83. The van der Waals surface area contributed by atoms with Crippen LogP contribution in [0.15, 0.2) is 61.1 Å². The van der Waals surface area contributed by atoms with E-state index in [4.69, 9.17) is 4.74 Å². The number of benzene rings is 2. The Morgan fingerprint density at radius 1 is 1.17 bits per heavy atom. The molecule has 0 aliphatic carbocycles. The van der Waals surface area contributed by atoms with Crippen LogP contribution in [0, 0.1) is 11.6 Å². The number of aromatic amines is 1. The third-order valence-corrected chi connectivity index (χ3v) is 8.74. The van der Waals surface area contributed by atoms with Crippen LogP contribution in [0.25, 0.3) is 27.7 Å². The Morgan fingerprint density at radius 3 is 2.69 bits per heavy atom. The highest BCUT2D eigenvalue weighted by atomic mass is 19.4. The first-order valence-corrected chi connectivity index (χ1v) is 15.3. The lowest BCUT2D eigenvalue weighted by Crippen LogP contribution is -2.29. The number of carbonyl (C=O) groups is 2. The minimum Gasteiger partial charge on any atom is -0.380 e. The van der Waals surface area contributed by atoms with Crippen LogP contribution in [0.4, 0.5) is 33.3 Å². The summed E-state index contributed by atoms with van der Waals surface area (Å²) in [5.41, 5.74) is 0.130. The topological polar surface area (TPSA) is 104 Å². The van der Waals surface area contributed by atoms with Crippen molar-refractivity contribution in [1.29, 1.82) is 0 Å². The minimum absolute atomic E-state index is 0.0149. The first kappa shape index (κ1) is 31.5. The lowest BCUT2D eigenvalue weighted by Gasteiger charge is -2.28. The van der Waals surface area contributed by atoms with Crippen LogP contribution >= 0.6 is 0 Å². The molecule has 48 heavy (non-hydrogen) atoms. The smallest absolute Gasteiger partial charge is 0.380 e. The molecule has 1 atom stereocenters. The van der Waals surface area contributed by atoms with Gasteiger partial charge in [0.15, 0.2) is 0 Å². The number of nitrogens with one attached hydrogen (secondary N) is 3. The molecule has 1 fully saturated rings. The maximum Gasteiger partial charge on any atom is 0.417 e. The Hall–Kier alpha value is -5.08. The van der Waals surface area contributed by atoms with Crippen molar-refractivity contribution >= 4 is 39.6 Å². The highest BCUT2D eigenvalue weighted by Crippen LogP contribution is 2.48. The third kappa shape index (κ3) is 5.60. The molecule has 1 amide bonds. The van der Waals surface area contributed by atoms with Crippen LogP contribution < -0.4 is 15.5 Å². The van der Waals surface area contributed by atoms with E-state index in [1.807, 2.05) is 0 Å². The first-order chi connectivity index (χ1) is 23.0. The maximum atomic E-state index is 15.2. The molecule has 248 valence electrons. The van der Waals surface area contributed by atoms with Crippen molar-refractivity contribution in [3.05, 3.63) is 95.1 Å². The van der Waals surface area contributed by atoms with E-state index in [9.17, 15) is 22.8 Å². The minimum atomic E-state index is -4.72. The average molecular weight is 665 g/mol. The van der Waals surface area contributed by atoms with E-state index in [2.05, 4.69) is 20.6 Å². The average Bonchev–Trinajstić information content (AvgIpc) is 3.81. The summed E-state index contributed by atoms with van der Waals surface area (Å²) in [6.07, 6.45) is 2.03. The molecule has 2 aliphatic rings. The highest BCUT2D eigenvalue weighted by molar-refractivity contribution is 6.11. The zero-order valence-corrected chi connectivity index (χ0v) is 25.5. The zero-order valence-electron chi connectivity index (χ0n) is 25.5. The van der Waals surface area contributed by atoms with Gasteiger partial charge in [0, 0.05) is 61.7 Å². The van der Waals surface area contributed by atoms with Gasteiger partial charge in [0.2, 0.25) is 11.7 Å². The molecule has 5 aromatic rings. The van der Waals surface area contributed by atoms with Crippen LogP contribution in [-0.2, 0) is 22.1 Å². The Morgan fingerprint density at radius 2 is 1.96 bits per heavy atom. The number of carbonyl (C=O) groups excluding carboxylic acids is 2. The predicted molar refractivity (Wildman–Crippen MR) is 169 cm³/mol. The second-order valence-electron chi connectivity index (χ2n) is 11.8. The van der Waals surface area contributed by atoms with E-state index in [0.717, 1.165) is 30.7 Å². The van der Waals surface area contributed by atoms with E-state index < -0.39 is 40.8 Å². The number of ether oxygens (including phenoxy) is 1. The number of fused-ring (bicyclic) bond motifs is 4. The number of H-pyrrole nitrogens is 1. The summed E-state index contributed by atoms with van der Waals surface area (Å²) in [6, 6.07) is 7.48. The summed E-state index contributed by atoms with van der Waals surface area (Å²) >= 11 is 0. The van der Waals surface area contributed by atoms with E-state index >= 15 is 8.78 Å². The summed E-state index contributed by atoms with van der Waals surface area (Å²) < 4.78 is 80.9. The van der Waals surface area contributed by atoms with Crippen molar-refractivity contribution in [3.8, 4) is 11.1 Å². The lowest BCUT2D eigenvalue weighted by atomic mass is 9.92. The molecular weight excluding hydrogens is 635 g/mol. The lowest BCUT2D eigenvalue weighted by molar-refractivity contribution is -0.137. The molecular formula is C34H29F5N6O3. The zero-order chi connectivity index (χ0) is 33.7. The summed E-state index contributed by atoms with van der Waals surface area (Å²) in [6.45, 7) is 1.89. The Kier molecular flexibility index (Phi) is 8.00. The molecule has 14 heteroatoms. The second-order valence-corrected chi connectivity index (χ2v) is 11.8. The van der Waals surface area contributed by atoms with Gasteiger partial charge in [0.1, 0.15) is 22.8 Å². The van der Waals surface area contributed by atoms with Crippen LogP contribution in [0.3, 0.4) is 0 Å². The number of hydrogen-bond acceptors (Lipinski definition) is 6. The summed E-state index contributed by atoms with van der Waals surface area (Å²) in [4.78, 5) is 35.0. The van der Waals surface area contributed by atoms with Gasteiger partial charge in [-0.2, -0.15) is 13.2 Å². The SMILES string of the molecule is CN1CCc2cc(C(=O)c3cc(F)c(NC(=O)/C=C/CN[C@H]4CCOC4)c(F)c3)n3cccc(c23)-c2c(C(F)(F)F)cc3[nH]cnc3c21. The first-order valence-electron chi connectivity index (χ1n) is 15.3. The van der Waals surface area contributed by atoms with Crippen molar-refractivity contribution in [1.82, 2.24) is 19.7 Å². The van der Waals surface area contributed by atoms with Crippen molar-refractivity contribution in [2.75, 3.05) is 43.6 Å². The van der Waals surface area contributed by atoms with Crippen molar-refractivity contribution < 1.29 is 36.3 Å². The second kappa shape index (κ2) is 12.2. The number of anilines is 2. The molecule has 9 nitrogen and oxygen atoms in total. The maximum absolute atomic E-state index is 15.2. The monoisotopic (exact) mass is 664 g/mol. The fourth-order valence-electron chi connectivity index (χ4n) is 6.47. The number of halogens is 5. The number of rotatable bonds is 7. The Bertz CT molecular complexity index is 2090.